The Hall–Kier alpha value is 1.38. The maximum absolute atomic E-state index is 6.84. The summed E-state index contributed by atoms with van der Waals surface area (Å²) < 4.78 is 13.4. The van der Waals surface area contributed by atoms with E-state index in [-0.39, 0.29) is 8.87 Å². The average molecular weight is 131 g/mol. The van der Waals surface area contributed by atoms with E-state index in [1.165, 1.54) is 0 Å². The molecule has 0 aromatic rings. The predicted molar refractivity (Wildman–Crippen MR) is 32.3 cm³/mol. The molecule has 24 valence electrons. The standard InChI is InChI=1S/H3P3S/c1-2-3-4/h2H,1H2/i1D,2T. The first-order valence-electron chi connectivity index (χ1n) is 1.55. The van der Waals surface area contributed by atoms with Gasteiger partial charge < -0.3 is 0 Å². The highest BCUT2D eigenvalue weighted by molar-refractivity contribution is 8.47. The molecule has 0 amide bonds. The molecule has 4 heteroatoms. The van der Waals surface area contributed by atoms with Gasteiger partial charge in [-0.25, -0.2) is 0 Å². The van der Waals surface area contributed by atoms with Crippen LogP contribution in [0.25, 0.3) is 0 Å². The minimum absolute atomic E-state index is 0.00347. The maximum atomic E-state index is 6.84. The van der Waals surface area contributed by atoms with Crippen molar-refractivity contribution >= 4 is 35.6 Å². The molecular formula is H3P3S. The highest BCUT2D eigenvalue weighted by Gasteiger charge is 1.47. The summed E-state index contributed by atoms with van der Waals surface area (Å²) >= 11 is 4.47. The SMILES string of the molecule is [2H]PP([3H])P=S. The predicted octanol–water partition coefficient (Wildman–Crippen LogP) is 1.78. The van der Waals surface area contributed by atoms with E-state index in [1.807, 2.05) is 0 Å². The van der Waals surface area contributed by atoms with E-state index in [0.717, 1.165) is 0 Å². The molecule has 0 saturated carbocycles. The highest BCUT2D eigenvalue weighted by atomic mass is 32.7. The van der Waals surface area contributed by atoms with Crippen LogP contribution in [0, 0.1) is 0 Å². The molecule has 0 spiro atoms. The molecule has 0 fully saturated rings. The molecule has 4 heavy (non-hydrogen) atoms. The van der Waals surface area contributed by atoms with Crippen molar-refractivity contribution in [3.63, 3.8) is 0 Å². The summed E-state index contributed by atoms with van der Waals surface area (Å²) in [5.41, 5.74) is 0. The second kappa shape index (κ2) is 4.38. The molecule has 0 radical (unpaired) electrons. The fourth-order valence-corrected chi connectivity index (χ4v) is 0. The fourth-order valence-electron chi connectivity index (χ4n) is 0. The molecule has 2 unspecified atom stereocenters. The van der Waals surface area contributed by atoms with E-state index >= 15 is 0 Å². The second-order valence-electron chi connectivity index (χ2n) is 0.182. The van der Waals surface area contributed by atoms with Crippen molar-refractivity contribution in [2.45, 2.75) is 0 Å². The van der Waals surface area contributed by atoms with E-state index in [9.17, 15) is 0 Å². The summed E-state index contributed by atoms with van der Waals surface area (Å²) in [6, 6.07) is 0. The van der Waals surface area contributed by atoms with Gasteiger partial charge in [-0.1, -0.05) is 11.8 Å². The Labute approximate surface area is 38.9 Å². The number of hydrogen-bond donors (Lipinski definition) is 0. The van der Waals surface area contributed by atoms with Crippen LogP contribution in [0.4, 0.5) is 0 Å². The molecule has 0 aliphatic rings. The summed E-state index contributed by atoms with van der Waals surface area (Å²) in [5, 5.41) is 0. The summed E-state index contributed by atoms with van der Waals surface area (Å²) in [5.74, 6) is 0. The van der Waals surface area contributed by atoms with Gasteiger partial charge in [0.2, 0.25) is 0 Å². The van der Waals surface area contributed by atoms with Crippen molar-refractivity contribution in [2.75, 3.05) is 0 Å². The third kappa shape index (κ3) is 3.38. The van der Waals surface area contributed by atoms with Gasteiger partial charge in [-0.2, -0.15) is 0 Å². The minimum atomic E-state index is -0.845. The van der Waals surface area contributed by atoms with Crippen molar-refractivity contribution in [3.8, 4) is 0 Å². The summed E-state index contributed by atoms with van der Waals surface area (Å²) in [4.78, 5) is 0. The van der Waals surface area contributed by atoms with Crippen LogP contribution in [0.1, 0.15) is 0 Å². The van der Waals surface area contributed by atoms with Crippen molar-refractivity contribution < 1.29 is 0 Å². The van der Waals surface area contributed by atoms with Crippen molar-refractivity contribution in [2.24, 2.45) is 0 Å². The third-order valence-corrected chi connectivity index (χ3v) is 3.31. The maximum Gasteiger partial charge on any atom is 0.0725 e. The van der Waals surface area contributed by atoms with Gasteiger partial charge in [0.05, 0.1) is 2.56 Å². The van der Waals surface area contributed by atoms with Crippen LogP contribution >= 0.6 is 23.8 Å². The quantitative estimate of drug-likeness (QED) is 0.514. The van der Waals surface area contributed by atoms with Crippen LogP contribution in [-0.4, -0.2) is 2.56 Å². The van der Waals surface area contributed by atoms with Gasteiger partial charge in [0.25, 0.3) is 0 Å². The Bertz CT molecular complexity index is 46.1. The van der Waals surface area contributed by atoms with Gasteiger partial charge in [-0.3, -0.25) is 0 Å². The zero-order valence-corrected chi connectivity index (χ0v) is 5.41. The first-order chi connectivity index (χ1) is 2.81. The van der Waals surface area contributed by atoms with Crippen LogP contribution in [0.15, 0.2) is 0 Å². The Morgan fingerprint density at radius 3 is 3.75 bits per heavy atom. The largest absolute Gasteiger partial charge is 0.105 e. The molecule has 0 aliphatic heterocycles. The van der Waals surface area contributed by atoms with E-state index < -0.39 is 7.90 Å². The minimum Gasteiger partial charge on any atom is -0.105 e. The molecule has 0 aromatic carbocycles. The first-order valence-corrected chi connectivity index (χ1v) is 5.46. The van der Waals surface area contributed by atoms with E-state index in [4.69, 9.17) is 2.56 Å². The molecule has 0 saturated heterocycles. The monoisotopic (exact) mass is 131 g/mol. The van der Waals surface area contributed by atoms with Gasteiger partial charge in [0.15, 0.2) is 0 Å². The van der Waals surface area contributed by atoms with Crippen LogP contribution in [0.5, 0.6) is 0 Å². The molecule has 0 bridgehead atoms. The van der Waals surface area contributed by atoms with Crippen LogP contribution in [0.3, 0.4) is 0 Å². The van der Waals surface area contributed by atoms with Crippen molar-refractivity contribution in [3.05, 3.63) is 0 Å². The fraction of sp³-hybridized carbons (Fsp3) is 0. The molecule has 0 rings (SSSR count). The molecular weight excluding hydrogens is 125 g/mol. The van der Waals surface area contributed by atoms with Gasteiger partial charge in [-0.15, -0.1) is 8.87 Å². The topological polar surface area (TPSA) is 0 Å². The first kappa shape index (κ1) is 2.54. The van der Waals surface area contributed by atoms with Crippen LogP contribution in [0.2, 0.25) is 0 Å². The zero-order chi connectivity index (χ0) is 4.99. The highest BCUT2D eigenvalue weighted by Crippen LogP contribution is 2.34. The van der Waals surface area contributed by atoms with Crippen LogP contribution < -0.4 is 0 Å². The lowest BCUT2D eigenvalue weighted by Crippen LogP contribution is -0.770. The number of rotatable bonds is 2. The Morgan fingerprint density at radius 1 is 3.00 bits per heavy atom. The third-order valence-electron chi connectivity index (χ3n) is 0.0408. The number of hydrogen-bond acceptors (Lipinski definition) is 1. The Kier molecular flexibility index (Phi) is 2.78. The lowest BCUT2D eigenvalue weighted by molar-refractivity contribution is 5.43. The van der Waals surface area contributed by atoms with E-state index in [0.29, 0.717) is 7.04 Å². The molecule has 0 aromatic heterocycles. The lowest BCUT2D eigenvalue weighted by Gasteiger charge is -1.55. The Morgan fingerprint density at radius 2 is 3.75 bits per heavy atom. The van der Waals surface area contributed by atoms with Gasteiger partial charge in [0, 0.05) is 7.04 Å². The van der Waals surface area contributed by atoms with Crippen molar-refractivity contribution in [1.82, 2.24) is 0 Å². The van der Waals surface area contributed by atoms with Gasteiger partial charge in [0.1, 0.15) is 0 Å². The summed E-state index contributed by atoms with van der Waals surface area (Å²) in [7, 11) is -0.180. The Balaban J connectivity index is 2.96. The summed E-state index contributed by atoms with van der Waals surface area (Å²) in [6.07, 6.45) is 0. The van der Waals surface area contributed by atoms with Gasteiger partial charge in [-0.05, 0) is 7.90 Å². The smallest absolute Gasteiger partial charge is 0.0725 e. The molecule has 0 aliphatic carbocycles. The van der Waals surface area contributed by atoms with E-state index in [2.05, 4.69) is 11.8 Å². The molecule has 0 heterocycles. The molecule has 2 atom stereocenters. The van der Waals surface area contributed by atoms with Crippen LogP contribution in [-0.2, 0) is 11.8 Å². The summed E-state index contributed by atoms with van der Waals surface area (Å²) in [6.45, 7) is 0. The lowest BCUT2D eigenvalue weighted by atomic mass is 29.5. The second-order valence-corrected chi connectivity index (χ2v) is 4.90. The molecule has 0 nitrogen and oxygen atoms in total. The van der Waals surface area contributed by atoms with Gasteiger partial charge >= 0.3 is 0 Å². The van der Waals surface area contributed by atoms with Crippen molar-refractivity contribution in [1.29, 1.82) is 2.56 Å². The van der Waals surface area contributed by atoms with E-state index in [1.54, 1.807) is 0 Å². The normalized spacial score (nSPS) is 26.0. The zero-order valence-electron chi connectivity index (χ0n) is 3.80. The average Bonchev–Trinajstić information content (AvgIpc) is 1.65. The molecule has 0 N–H and O–H groups in total.